The van der Waals surface area contributed by atoms with E-state index in [1.807, 2.05) is 18.2 Å². The first-order chi connectivity index (χ1) is 10.6. The molecule has 0 aromatic heterocycles. The van der Waals surface area contributed by atoms with Crippen LogP contribution in [0.3, 0.4) is 0 Å². The van der Waals surface area contributed by atoms with Crippen molar-refractivity contribution in [1.29, 1.82) is 0 Å². The number of benzene rings is 4. The van der Waals surface area contributed by atoms with Gasteiger partial charge in [0, 0.05) is 23.6 Å². The Balaban J connectivity index is 2.33. The van der Waals surface area contributed by atoms with Crippen molar-refractivity contribution in [3.05, 3.63) is 68.8 Å². The number of non-ortho nitro benzene ring substituents is 2. The van der Waals surface area contributed by atoms with Crippen LogP contribution in [0.1, 0.15) is 0 Å². The maximum atomic E-state index is 11.3. The van der Waals surface area contributed by atoms with E-state index in [1.54, 1.807) is 12.1 Å². The van der Waals surface area contributed by atoms with Gasteiger partial charge in [-0.3, -0.25) is 20.2 Å². The summed E-state index contributed by atoms with van der Waals surface area (Å²) in [4.78, 5) is 21.5. The van der Waals surface area contributed by atoms with Crippen molar-refractivity contribution in [2.24, 2.45) is 0 Å². The van der Waals surface area contributed by atoms with Gasteiger partial charge in [-0.15, -0.1) is 0 Å². The monoisotopic (exact) mass is 292 g/mol. The first-order valence-corrected chi connectivity index (χ1v) is 6.56. The van der Waals surface area contributed by atoms with E-state index in [0.717, 1.165) is 16.2 Å². The summed E-state index contributed by atoms with van der Waals surface area (Å²) in [5.41, 5.74) is -0.105. The molecule has 4 aromatic rings. The molecule has 0 heterocycles. The molecule has 6 heteroatoms. The van der Waals surface area contributed by atoms with Gasteiger partial charge in [-0.05, 0) is 27.6 Å². The van der Waals surface area contributed by atoms with Crippen LogP contribution in [0.15, 0.2) is 48.5 Å². The SMILES string of the molecule is O=[N+]([O-])c1cc2ccc3cccc4c([N+](=O)[O-])cc(c1)c2c34. The Labute approximate surface area is 123 Å². The van der Waals surface area contributed by atoms with Gasteiger partial charge in [0.1, 0.15) is 0 Å². The summed E-state index contributed by atoms with van der Waals surface area (Å²) in [6, 6.07) is 13.3. The van der Waals surface area contributed by atoms with E-state index < -0.39 is 9.85 Å². The molecule has 0 amide bonds. The van der Waals surface area contributed by atoms with Gasteiger partial charge in [-0.1, -0.05) is 24.3 Å². The van der Waals surface area contributed by atoms with Crippen molar-refractivity contribution < 1.29 is 9.85 Å². The van der Waals surface area contributed by atoms with E-state index in [9.17, 15) is 20.2 Å². The predicted octanol–water partition coefficient (Wildman–Crippen LogP) is 4.40. The highest BCUT2D eigenvalue weighted by molar-refractivity contribution is 6.25. The van der Waals surface area contributed by atoms with E-state index in [-0.39, 0.29) is 11.4 Å². The number of hydrogen-bond donors (Lipinski definition) is 0. The second-order valence-corrected chi connectivity index (χ2v) is 5.15. The molecule has 4 rings (SSSR count). The molecule has 0 atom stereocenters. The standard InChI is InChI=1S/C16H8N2O4/c19-17(20)12-6-10-5-4-9-2-1-3-13-14(18(21)22)8-11(7-12)15(10)16(9)13/h1-8H. The second kappa shape index (κ2) is 4.11. The van der Waals surface area contributed by atoms with E-state index in [4.69, 9.17) is 0 Å². The van der Waals surface area contributed by atoms with Gasteiger partial charge < -0.3 is 0 Å². The summed E-state index contributed by atoms with van der Waals surface area (Å²) in [6.45, 7) is 0. The minimum atomic E-state index is -0.486. The molecule has 0 aliphatic heterocycles. The zero-order valence-electron chi connectivity index (χ0n) is 11.1. The lowest BCUT2D eigenvalue weighted by Gasteiger charge is -2.10. The predicted molar refractivity (Wildman–Crippen MR) is 83.5 cm³/mol. The average molecular weight is 292 g/mol. The second-order valence-electron chi connectivity index (χ2n) is 5.15. The lowest BCUT2D eigenvalue weighted by molar-refractivity contribution is -0.384. The van der Waals surface area contributed by atoms with Crippen molar-refractivity contribution in [2.75, 3.05) is 0 Å². The van der Waals surface area contributed by atoms with Gasteiger partial charge in [0.05, 0.1) is 15.2 Å². The smallest absolute Gasteiger partial charge is 0.258 e. The lowest BCUT2D eigenvalue weighted by Crippen LogP contribution is -1.94. The molecule has 0 spiro atoms. The Kier molecular flexibility index (Phi) is 2.33. The minimum absolute atomic E-state index is 0.0360. The van der Waals surface area contributed by atoms with Crippen molar-refractivity contribution in [3.8, 4) is 0 Å². The molecular weight excluding hydrogens is 284 g/mol. The largest absolute Gasteiger partial charge is 0.277 e. The first kappa shape index (κ1) is 12.5. The molecule has 22 heavy (non-hydrogen) atoms. The fourth-order valence-electron chi connectivity index (χ4n) is 3.07. The Bertz CT molecular complexity index is 1090. The number of nitro benzene ring substituents is 2. The summed E-state index contributed by atoms with van der Waals surface area (Å²) in [7, 11) is 0. The Hall–Kier alpha value is -3.28. The summed E-state index contributed by atoms with van der Waals surface area (Å²) in [5, 5.41) is 26.7. The van der Waals surface area contributed by atoms with Crippen LogP contribution in [0.5, 0.6) is 0 Å². The third-order valence-corrected chi connectivity index (χ3v) is 3.95. The van der Waals surface area contributed by atoms with Crippen LogP contribution in [-0.2, 0) is 0 Å². The summed E-state index contributed by atoms with van der Waals surface area (Å²) in [5.74, 6) is 0. The maximum absolute atomic E-state index is 11.3. The highest BCUT2D eigenvalue weighted by Crippen LogP contribution is 2.40. The van der Waals surface area contributed by atoms with Crippen LogP contribution in [0.2, 0.25) is 0 Å². The van der Waals surface area contributed by atoms with E-state index in [2.05, 4.69) is 0 Å². The molecule has 4 aromatic carbocycles. The molecule has 0 N–H and O–H groups in total. The fourth-order valence-corrected chi connectivity index (χ4v) is 3.07. The molecule has 0 unspecified atom stereocenters. The van der Waals surface area contributed by atoms with Crippen LogP contribution >= 0.6 is 0 Å². The Morgan fingerprint density at radius 3 is 2.18 bits per heavy atom. The highest BCUT2D eigenvalue weighted by atomic mass is 16.6. The first-order valence-electron chi connectivity index (χ1n) is 6.56. The molecular formula is C16H8N2O4. The van der Waals surface area contributed by atoms with Gasteiger partial charge in [-0.25, -0.2) is 0 Å². The molecule has 0 radical (unpaired) electrons. The van der Waals surface area contributed by atoms with Crippen molar-refractivity contribution in [1.82, 2.24) is 0 Å². The van der Waals surface area contributed by atoms with Crippen molar-refractivity contribution in [3.63, 3.8) is 0 Å². The summed E-state index contributed by atoms with van der Waals surface area (Å²) in [6.07, 6.45) is 0. The summed E-state index contributed by atoms with van der Waals surface area (Å²) < 4.78 is 0. The van der Waals surface area contributed by atoms with Gasteiger partial charge in [0.25, 0.3) is 11.4 Å². The van der Waals surface area contributed by atoms with Crippen LogP contribution in [-0.4, -0.2) is 9.85 Å². The third kappa shape index (κ3) is 1.54. The molecule has 0 saturated heterocycles. The Morgan fingerprint density at radius 1 is 0.727 bits per heavy atom. The Morgan fingerprint density at radius 2 is 1.45 bits per heavy atom. The molecule has 0 fully saturated rings. The zero-order chi connectivity index (χ0) is 15.4. The van der Waals surface area contributed by atoms with Crippen LogP contribution < -0.4 is 0 Å². The maximum Gasteiger partial charge on any atom is 0.277 e. The number of rotatable bonds is 2. The number of nitrogens with zero attached hydrogens (tertiary/aromatic N) is 2. The van der Waals surface area contributed by atoms with E-state index in [0.29, 0.717) is 16.2 Å². The lowest BCUT2D eigenvalue weighted by atomic mass is 9.93. The van der Waals surface area contributed by atoms with Gasteiger partial charge in [0.2, 0.25) is 0 Å². The number of hydrogen-bond acceptors (Lipinski definition) is 4. The van der Waals surface area contributed by atoms with Gasteiger partial charge in [0.15, 0.2) is 0 Å². The van der Waals surface area contributed by atoms with Crippen LogP contribution in [0.25, 0.3) is 32.3 Å². The molecule has 0 aliphatic rings. The molecule has 0 saturated carbocycles. The molecule has 0 aliphatic carbocycles. The topological polar surface area (TPSA) is 86.3 Å². The number of nitro groups is 2. The quantitative estimate of drug-likeness (QED) is 0.311. The van der Waals surface area contributed by atoms with Gasteiger partial charge in [-0.2, -0.15) is 0 Å². The van der Waals surface area contributed by atoms with Gasteiger partial charge >= 0.3 is 0 Å². The highest BCUT2D eigenvalue weighted by Gasteiger charge is 2.20. The van der Waals surface area contributed by atoms with Crippen LogP contribution in [0.4, 0.5) is 11.4 Å². The average Bonchev–Trinajstić information content (AvgIpc) is 2.51. The summed E-state index contributed by atoms with van der Waals surface area (Å²) >= 11 is 0. The van der Waals surface area contributed by atoms with Crippen LogP contribution in [0, 0.1) is 20.2 Å². The molecule has 6 nitrogen and oxygen atoms in total. The molecule has 106 valence electrons. The van der Waals surface area contributed by atoms with Crippen molar-refractivity contribution in [2.45, 2.75) is 0 Å². The minimum Gasteiger partial charge on any atom is -0.258 e. The zero-order valence-corrected chi connectivity index (χ0v) is 11.1. The van der Waals surface area contributed by atoms with E-state index >= 15 is 0 Å². The third-order valence-electron chi connectivity index (χ3n) is 3.95. The molecule has 0 bridgehead atoms. The van der Waals surface area contributed by atoms with Crippen molar-refractivity contribution >= 4 is 43.7 Å². The van der Waals surface area contributed by atoms with E-state index in [1.165, 1.54) is 18.2 Å². The fraction of sp³-hybridized carbons (Fsp3) is 0. The normalized spacial score (nSPS) is 11.5.